The number of rotatable bonds is 3. The zero-order chi connectivity index (χ0) is 20.6. The third-order valence-electron chi connectivity index (χ3n) is 7.22. The van der Waals surface area contributed by atoms with Crippen molar-refractivity contribution in [1.82, 2.24) is 10.2 Å². The van der Waals surface area contributed by atoms with E-state index in [2.05, 4.69) is 65.6 Å². The van der Waals surface area contributed by atoms with Gasteiger partial charge in [0.25, 0.3) is 0 Å². The van der Waals surface area contributed by atoms with E-state index < -0.39 is 0 Å². The van der Waals surface area contributed by atoms with Crippen molar-refractivity contribution >= 4 is 29.3 Å². The summed E-state index contributed by atoms with van der Waals surface area (Å²) in [7, 11) is 0. The molecule has 0 spiro atoms. The number of benzene rings is 1. The van der Waals surface area contributed by atoms with Crippen molar-refractivity contribution in [3.63, 3.8) is 0 Å². The second-order valence-corrected chi connectivity index (χ2v) is 11.0. The summed E-state index contributed by atoms with van der Waals surface area (Å²) in [6, 6.07) is 0.661. The Morgan fingerprint density at radius 3 is 2.10 bits per heavy atom. The topological polar surface area (TPSA) is 27.6 Å². The number of nitrogens with zero attached hydrogens (tertiary/aromatic N) is 2. The number of thioether (sulfide) groups is 1. The van der Waals surface area contributed by atoms with Gasteiger partial charge < -0.3 is 5.32 Å². The van der Waals surface area contributed by atoms with E-state index in [1.165, 1.54) is 52.6 Å². The minimum atomic E-state index is 0. The smallest absolute Gasteiger partial charge is 0.159 e. The molecule has 164 valence electrons. The van der Waals surface area contributed by atoms with E-state index in [0.717, 1.165) is 30.2 Å². The third-order valence-corrected chi connectivity index (χ3v) is 8.20. The van der Waals surface area contributed by atoms with Gasteiger partial charge in [-0.05, 0) is 98.6 Å². The normalized spacial score (nSPS) is 24.5. The molecule has 0 amide bonds. The molecule has 29 heavy (non-hydrogen) atoms. The first-order valence-electron chi connectivity index (χ1n) is 10.8. The number of hydrogen-bond acceptors (Lipinski definition) is 4. The molecule has 1 aromatic carbocycles. The first kappa shape index (κ1) is 24.6. The van der Waals surface area contributed by atoms with Crippen LogP contribution >= 0.6 is 24.2 Å². The molecule has 3 nitrogen and oxygen atoms in total. The summed E-state index contributed by atoms with van der Waals surface area (Å²) in [5.41, 5.74) is 9.17. The molecule has 2 aliphatic rings. The molecule has 1 fully saturated rings. The molecular weight excluding hydrogens is 398 g/mol. The van der Waals surface area contributed by atoms with E-state index in [1.54, 1.807) is 0 Å². The summed E-state index contributed by atoms with van der Waals surface area (Å²) in [5.74, 6) is 1.81. The molecule has 5 heteroatoms. The molecule has 1 aromatic rings. The van der Waals surface area contributed by atoms with E-state index in [-0.39, 0.29) is 12.4 Å². The van der Waals surface area contributed by atoms with Crippen LogP contribution in [0.15, 0.2) is 4.99 Å². The molecule has 3 rings (SSSR count). The second kappa shape index (κ2) is 9.62. The average Bonchev–Trinajstić information content (AvgIpc) is 2.63. The fourth-order valence-electron chi connectivity index (χ4n) is 5.28. The van der Waals surface area contributed by atoms with Crippen molar-refractivity contribution in [3.8, 4) is 0 Å². The molecule has 0 radical (unpaired) electrons. The number of amidine groups is 1. The van der Waals surface area contributed by atoms with Crippen LogP contribution in [-0.4, -0.2) is 29.4 Å². The van der Waals surface area contributed by atoms with Crippen LogP contribution in [0, 0.1) is 46.0 Å². The van der Waals surface area contributed by atoms with E-state index >= 15 is 0 Å². The molecule has 1 N–H and O–H groups in total. The van der Waals surface area contributed by atoms with Crippen LogP contribution in [0.25, 0.3) is 0 Å². The van der Waals surface area contributed by atoms with E-state index in [9.17, 15) is 0 Å². The highest BCUT2D eigenvalue weighted by Crippen LogP contribution is 2.40. The van der Waals surface area contributed by atoms with Crippen LogP contribution in [0.5, 0.6) is 0 Å². The molecule has 0 aromatic heterocycles. The van der Waals surface area contributed by atoms with Crippen molar-refractivity contribution < 1.29 is 0 Å². The molecule has 1 saturated carbocycles. The summed E-state index contributed by atoms with van der Waals surface area (Å²) >= 11 is 1.86. The van der Waals surface area contributed by atoms with Crippen molar-refractivity contribution in [1.29, 1.82) is 0 Å². The second-order valence-electron chi connectivity index (χ2n) is 9.99. The zero-order valence-corrected chi connectivity index (χ0v) is 21.2. The molecule has 1 aliphatic heterocycles. The van der Waals surface area contributed by atoms with Crippen LogP contribution in [0.3, 0.4) is 0 Å². The lowest BCUT2D eigenvalue weighted by molar-refractivity contribution is 0.0642. The Morgan fingerprint density at radius 2 is 1.59 bits per heavy atom. The zero-order valence-electron chi connectivity index (χ0n) is 19.6. The maximum atomic E-state index is 4.89. The monoisotopic (exact) mass is 437 g/mol. The van der Waals surface area contributed by atoms with Gasteiger partial charge in [-0.1, -0.05) is 32.5 Å². The van der Waals surface area contributed by atoms with Crippen molar-refractivity contribution in [3.05, 3.63) is 33.4 Å². The van der Waals surface area contributed by atoms with Gasteiger partial charge in [0.15, 0.2) is 5.17 Å². The van der Waals surface area contributed by atoms with Gasteiger partial charge in [-0.15, -0.1) is 12.4 Å². The highest BCUT2D eigenvalue weighted by Gasteiger charge is 2.35. The van der Waals surface area contributed by atoms with E-state index in [1.807, 2.05) is 11.8 Å². The Balaban J connectivity index is 0.00000300. The summed E-state index contributed by atoms with van der Waals surface area (Å²) in [6.07, 6.45) is 3.95. The van der Waals surface area contributed by atoms with Gasteiger partial charge in [-0.3, -0.25) is 4.90 Å². The Morgan fingerprint density at radius 1 is 1.00 bits per heavy atom. The van der Waals surface area contributed by atoms with E-state index in [4.69, 9.17) is 4.99 Å². The van der Waals surface area contributed by atoms with Crippen LogP contribution in [0.4, 0.5) is 0 Å². The summed E-state index contributed by atoms with van der Waals surface area (Å²) < 4.78 is 0. The van der Waals surface area contributed by atoms with Gasteiger partial charge in [-0.2, -0.15) is 0 Å². The van der Waals surface area contributed by atoms with Gasteiger partial charge in [0, 0.05) is 11.8 Å². The van der Waals surface area contributed by atoms with Gasteiger partial charge in [0.1, 0.15) is 0 Å². The lowest BCUT2D eigenvalue weighted by Gasteiger charge is -2.44. The third kappa shape index (κ3) is 5.51. The number of aliphatic imine (C=N–C) groups is 1. The maximum Gasteiger partial charge on any atom is 0.159 e. The van der Waals surface area contributed by atoms with Gasteiger partial charge in [0.05, 0.1) is 13.3 Å². The molecule has 2 unspecified atom stereocenters. The molecule has 0 saturated heterocycles. The highest BCUT2D eigenvalue weighted by molar-refractivity contribution is 8.13. The fraction of sp³-hybridized carbons (Fsp3) is 0.708. The quantitative estimate of drug-likeness (QED) is 0.603. The molecule has 1 heterocycles. The largest absolute Gasteiger partial charge is 0.352 e. The van der Waals surface area contributed by atoms with Gasteiger partial charge >= 0.3 is 0 Å². The Labute approximate surface area is 188 Å². The summed E-state index contributed by atoms with van der Waals surface area (Å²) in [4.78, 5) is 7.43. The van der Waals surface area contributed by atoms with Gasteiger partial charge in [0.2, 0.25) is 0 Å². The Kier molecular flexibility index (Phi) is 8.14. The SMILES string of the molecule is Cc1c(C)c(C)c(CSC2=NCN(C3CC(C)CC(C)(C)C3)CN2)c(C)c1C.Cl. The summed E-state index contributed by atoms with van der Waals surface area (Å²) in [6.45, 7) is 20.3. The first-order valence-corrected chi connectivity index (χ1v) is 11.8. The predicted octanol–water partition coefficient (Wildman–Crippen LogP) is 6.27. The number of halogens is 1. The lowest BCUT2D eigenvalue weighted by Crippen LogP contribution is -2.50. The van der Waals surface area contributed by atoms with Crippen LogP contribution in [-0.2, 0) is 5.75 Å². The fourth-order valence-corrected chi connectivity index (χ4v) is 6.31. The molecule has 2 atom stereocenters. The molecular formula is C24H40ClN3S. The van der Waals surface area contributed by atoms with Crippen LogP contribution in [0.2, 0.25) is 0 Å². The Bertz CT molecular complexity index is 743. The van der Waals surface area contributed by atoms with Gasteiger partial charge in [-0.25, -0.2) is 4.99 Å². The number of hydrogen-bond donors (Lipinski definition) is 1. The Hall–Kier alpha value is -0.710. The van der Waals surface area contributed by atoms with Crippen molar-refractivity contribution in [2.75, 3.05) is 13.3 Å². The minimum Gasteiger partial charge on any atom is -0.352 e. The summed E-state index contributed by atoms with van der Waals surface area (Å²) in [5, 5.41) is 4.70. The van der Waals surface area contributed by atoms with Crippen LogP contribution < -0.4 is 5.32 Å². The first-order chi connectivity index (χ1) is 13.1. The average molecular weight is 438 g/mol. The maximum absolute atomic E-state index is 4.89. The standard InChI is InChI=1S/C24H39N3S.ClH/c1-15-9-21(11-24(7,8)10-15)27-13-25-23(26-14-27)28-12-22-19(5)17(3)16(2)18(4)20(22)6;/h15,21H,9-14H2,1-8H3,(H,25,26);1H. The minimum absolute atomic E-state index is 0. The molecule has 1 aliphatic carbocycles. The van der Waals surface area contributed by atoms with Crippen molar-refractivity contribution in [2.24, 2.45) is 16.3 Å². The van der Waals surface area contributed by atoms with Crippen molar-refractivity contribution in [2.45, 2.75) is 86.4 Å². The number of nitrogens with one attached hydrogen (secondary N) is 1. The predicted molar refractivity (Wildman–Crippen MR) is 131 cm³/mol. The van der Waals surface area contributed by atoms with Crippen LogP contribution in [0.1, 0.15) is 73.4 Å². The highest BCUT2D eigenvalue weighted by atomic mass is 35.5. The molecule has 0 bridgehead atoms. The lowest BCUT2D eigenvalue weighted by atomic mass is 9.70. The van der Waals surface area contributed by atoms with E-state index in [0.29, 0.717) is 11.5 Å².